The van der Waals surface area contributed by atoms with Gasteiger partial charge in [-0.2, -0.15) is 0 Å². The molecule has 2 aromatic rings. The van der Waals surface area contributed by atoms with Gasteiger partial charge in [0, 0.05) is 19.2 Å². The van der Waals surface area contributed by atoms with Gasteiger partial charge >= 0.3 is 5.97 Å². The zero-order valence-electron chi connectivity index (χ0n) is 13.4. The lowest BCUT2D eigenvalue weighted by molar-refractivity contribution is -0.129. The largest absolute Gasteiger partial charge is 0.493 e. The molecule has 0 N–H and O–H groups in total. The minimum Gasteiger partial charge on any atom is -0.493 e. The Morgan fingerprint density at radius 1 is 1.20 bits per heavy atom. The van der Waals surface area contributed by atoms with Crippen LogP contribution in [-0.4, -0.2) is 26.1 Å². The summed E-state index contributed by atoms with van der Waals surface area (Å²) in [6.45, 7) is 0. The maximum absolute atomic E-state index is 12.2. The van der Waals surface area contributed by atoms with Crippen LogP contribution in [-0.2, 0) is 9.53 Å². The summed E-state index contributed by atoms with van der Waals surface area (Å²) >= 11 is 5.67. The van der Waals surface area contributed by atoms with E-state index in [-0.39, 0.29) is 11.6 Å². The van der Waals surface area contributed by atoms with E-state index in [0.717, 1.165) is 13.6 Å². The van der Waals surface area contributed by atoms with Crippen LogP contribution in [0.15, 0.2) is 51.6 Å². The Morgan fingerprint density at radius 3 is 2.68 bits per heavy atom. The highest BCUT2D eigenvalue weighted by Gasteiger charge is 2.25. The summed E-state index contributed by atoms with van der Waals surface area (Å²) in [6.07, 6.45) is 1.62. The number of halogens is 2. The number of esters is 1. The highest BCUT2D eigenvalue weighted by molar-refractivity contribution is 14.1. The molecule has 1 heterocycles. The van der Waals surface area contributed by atoms with E-state index in [1.165, 1.54) is 0 Å². The van der Waals surface area contributed by atoms with Crippen LogP contribution in [0.4, 0.5) is 0 Å². The summed E-state index contributed by atoms with van der Waals surface area (Å²) in [7, 11) is 3.11. The molecule has 0 bridgehead atoms. The van der Waals surface area contributed by atoms with Gasteiger partial charge in [-0.05, 0) is 68.9 Å². The smallest absolute Gasteiger partial charge is 0.363 e. The van der Waals surface area contributed by atoms with Gasteiger partial charge in [-0.25, -0.2) is 9.79 Å². The van der Waals surface area contributed by atoms with E-state index in [4.69, 9.17) is 14.2 Å². The first kappa shape index (κ1) is 17.9. The van der Waals surface area contributed by atoms with Crippen molar-refractivity contribution < 1.29 is 19.0 Å². The summed E-state index contributed by atoms with van der Waals surface area (Å²) in [4.78, 5) is 16.5. The predicted molar refractivity (Wildman–Crippen MR) is 107 cm³/mol. The second-order valence-electron chi connectivity index (χ2n) is 5.05. The monoisotopic (exact) mass is 513 g/mol. The standard InChI is InChI=1S/C18H13BrINO4/c1-23-15-5-3-4-10(16(15)24-2)9-14-18(22)25-17(21-14)11-6-7-13(20)12(19)8-11/h3-9H,1-2H3/b14-9+. The van der Waals surface area contributed by atoms with E-state index >= 15 is 0 Å². The van der Waals surface area contributed by atoms with Crippen molar-refractivity contribution in [3.63, 3.8) is 0 Å². The number of rotatable bonds is 4. The van der Waals surface area contributed by atoms with Gasteiger partial charge in [0.15, 0.2) is 17.2 Å². The van der Waals surface area contributed by atoms with Gasteiger partial charge in [0.25, 0.3) is 0 Å². The number of carbonyl (C=O) groups is 1. The van der Waals surface area contributed by atoms with E-state index in [2.05, 4.69) is 43.5 Å². The topological polar surface area (TPSA) is 57.1 Å². The number of carbonyl (C=O) groups excluding carboxylic acids is 1. The SMILES string of the molecule is COc1cccc(/C=C2/N=C(c3ccc(I)c(Br)c3)OC2=O)c1OC. The molecule has 25 heavy (non-hydrogen) atoms. The van der Waals surface area contributed by atoms with Crippen LogP contribution < -0.4 is 9.47 Å². The Hall–Kier alpha value is -1.87. The van der Waals surface area contributed by atoms with Crippen molar-refractivity contribution in [1.82, 2.24) is 0 Å². The number of hydrogen-bond donors (Lipinski definition) is 0. The van der Waals surface area contributed by atoms with Crippen molar-refractivity contribution in [2.75, 3.05) is 14.2 Å². The number of cyclic esters (lactones) is 1. The van der Waals surface area contributed by atoms with E-state index in [1.807, 2.05) is 30.3 Å². The second-order valence-corrected chi connectivity index (χ2v) is 7.06. The fourth-order valence-electron chi connectivity index (χ4n) is 2.33. The molecule has 128 valence electrons. The zero-order valence-corrected chi connectivity index (χ0v) is 17.1. The van der Waals surface area contributed by atoms with Gasteiger partial charge in [0.05, 0.1) is 14.2 Å². The van der Waals surface area contributed by atoms with Gasteiger partial charge in [-0.1, -0.05) is 12.1 Å². The number of para-hydroxylation sites is 1. The summed E-state index contributed by atoms with van der Waals surface area (Å²) in [5.41, 5.74) is 1.61. The zero-order chi connectivity index (χ0) is 18.0. The van der Waals surface area contributed by atoms with Crippen LogP contribution in [0.1, 0.15) is 11.1 Å². The molecule has 1 aliphatic rings. The molecule has 0 saturated heterocycles. The predicted octanol–water partition coefficient (Wildman–Crippen LogP) is 4.42. The summed E-state index contributed by atoms with van der Waals surface area (Å²) in [6, 6.07) is 11.1. The van der Waals surface area contributed by atoms with E-state index in [9.17, 15) is 4.79 Å². The second kappa shape index (κ2) is 7.57. The van der Waals surface area contributed by atoms with Gasteiger partial charge in [0.1, 0.15) is 0 Å². The van der Waals surface area contributed by atoms with E-state index < -0.39 is 5.97 Å². The molecule has 0 amide bonds. The molecule has 0 saturated carbocycles. The molecule has 3 rings (SSSR count). The Morgan fingerprint density at radius 2 is 2.00 bits per heavy atom. The molecule has 0 atom stereocenters. The molecule has 0 aromatic heterocycles. The molecule has 0 spiro atoms. The lowest BCUT2D eigenvalue weighted by atomic mass is 10.1. The van der Waals surface area contributed by atoms with Gasteiger partial charge in [-0.3, -0.25) is 0 Å². The van der Waals surface area contributed by atoms with Crippen LogP contribution in [0, 0.1) is 3.57 Å². The average Bonchev–Trinajstić information content (AvgIpc) is 2.97. The Kier molecular flexibility index (Phi) is 5.43. The fraction of sp³-hybridized carbons (Fsp3) is 0.111. The molecule has 5 nitrogen and oxygen atoms in total. The molecule has 0 fully saturated rings. The molecule has 7 heteroatoms. The van der Waals surface area contributed by atoms with E-state index in [0.29, 0.717) is 17.1 Å². The quantitative estimate of drug-likeness (QED) is 0.345. The van der Waals surface area contributed by atoms with Crippen LogP contribution >= 0.6 is 38.5 Å². The molecule has 0 unspecified atom stereocenters. The first-order valence-corrected chi connectivity index (χ1v) is 9.09. The highest BCUT2D eigenvalue weighted by Crippen LogP contribution is 2.33. The number of ether oxygens (including phenoxy) is 3. The van der Waals surface area contributed by atoms with Crippen molar-refractivity contribution >= 4 is 56.5 Å². The number of methoxy groups -OCH3 is 2. The third-order valence-corrected chi connectivity index (χ3v) is 5.85. The molecule has 2 aromatic carbocycles. The van der Waals surface area contributed by atoms with E-state index in [1.54, 1.807) is 26.4 Å². The fourth-order valence-corrected chi connectivity index (χ4v) is 3.05. The normalized spacial score (nSPS) is 15.1. The lowest BCUT2D eigenvalue weighted by Crippen LogP contribution is -2.05. The minimum absolute atomic E-state index is 0.205. The number of benzene rings is 2. The lowest BCUT2D eigenvalue weighted by Gasteiger charge is -2.09. The van der Waals surface area contributed by atoms with Crippen LogP contribution in [0.25, 0.3) is 6.08 Å². The summed E-state index contributed by atoms with van der Waals surface area (Å²) in [5.74, 6) is 0.879. The average molecular weight is 514 g/mol. The Labute approximate surface area is 167 Å². The van der Waals surface area contributed by atoms with Crippen LogP contribution in [0.2, 0.25) is 0 Å². The summed E-state index contributed by atoms with van der Waals surface area (Å²) in [5, 5.41) is 0. The number of hydrogen-bond acceptors (Lipinski definition) is 5. The Balaban J connectivity index is 2.00. The van der Waals surface area contributed by atoms with Crippen molar-refractivity contribution in [2.24, 2.45) is 4.99 Å². The third kappa shape index (κ3) is 3.72. The summed E-state index contributed by atoms with van der Waals surface area (Å²) < 4.78 is 17.9. The molecule has 1 aliphatic heterocycles. The minimum atomic E-state index is -0.505. The van der Waals surface area contributed by atoms with Gasteiger partial charge in [0.2, 0.25) is 5.90 Å². The van der Waals surface area contributed by atoms with Gasteiger partial charge < -0.3 is 14.2 Å². The first-order valence-electron chi connectivity index (χ1n) is 7.22. The highest BCUT2D eigenvalue weighted by atomic mass is 127. The first-order chi connectivity index (χ1) is 12.0. The van der Waals surface area contributed by atoms with Crippen LogP contribution in [0.3, 0.4) is 0 Å². The van der Waals surface area contributed by atoms with Crippen molar-refractivity contribution in [1.29, 1.82) is 0 Å². The van der Waals surface area contributed by atoms with Crippen molar-refractivity contribution in [2.45, 2.75) is 0 Å². The third-order valence-electron chi connectivity index (χ3n) is 3.51. The maximum Gasteiger partial charge on any atom is 0.363 e. The Bertz CT molecular complexity index is 908. The van der Waals surface area contributed by atoms with Crippen molar-refractivity contribution in [3.8, 4) is 11.5 Å². The number of aliphatic imine (C=N–C) groups is 1. The van der Waals surface area contributed by atoms with Crippen molar-refractivity contribution in [3.05, 3.63) is 61.3 Å². The molecule has 0 radical (unpaired) electrons. The number of nitrogens with zero attached hydrogens (tertiary/aromatic N) is 1. The molecular formula is C18H13BrINO4. The molecular weight excluding hydrogens is 501 g/mol. The van der Waals surface area contributed by atoms with Crippen LogP contribution in [0.5, 0.6) is 11.5 Å². The molecule has 0 aliphatic carbocycles. The maximum atomic E-state index is 12.2. The van der Waals surface area contributed by atoms with Gasteiger partial charge in [-0.15, -0.1) is 0 Å².